The average molecular weight is 688 g/mol. The number of alkyl halides is 2. The number of hydrogen-bond acceptors (Lipinski definition) is 8. The summed E-state index contributed by atoms with van der Waals surface area (Å²) in [4.78, 5) is 39.1. The second-order valence-electron chi connectivity index (χ2n) is 12.0. The van der Waals surface area contributed by atoms with Crippen molar-refractivity contribution in [1.82, 2.24) is 19.8 Å². The van der Waals surface area contributed by atoms with Crippen LogP contribution in [0, 0.1) is 17.1 Å². The van der Waals surface area contributed by atoms with Crippen molar-refractivity contribution in [2.24, 2.45) is 0 Å². The van der Waals surface area contributed by atoms with Gasteiger partial charge in [0.25, 0.3) is 11.8 Å². The van der Waals surface area contributed by atoms with Gasteiger partial charge in [-0.05, 0) is 23.9 Å². The van der Waals surface area contributed by atoms with Crippen LogP contribution in [0.25, 0.3) is 10.8 Å². The quantitative estimate of drug-likeness (QED) is 0.265. The highest BCUT2D eigenvalue weighted by Gasteiger charge is 2.47. The molecule has 2 unspecified atom stereocenters. The normalized spacial score (nSPS) is 20.4. The van der Waals surface area contributed by atoms with Gasteiger partial charge < -0.3 is 24.5 Å². The number of piperazine rings is 1. The van der Waals surface area contributed by atoms with Crippen LogP contribution in [0.4, 0.5) is 33.9 Å². The number of hydrogen-bond donors (Lipinski definition) is 1. The lowest BCUT2D eigenvalue weighted by Gasteiger charge is -2.42. The van der Waals surface area contributed by atoms with Gasteiger partial charge in [-0.1, -0.05) is 36.4 Å². The molecule has 0 bridgehead atoms. The zero-order chi connectivity index (χ0) is 34.3. The minimum atomic E-state index is -3.22. The number of carbonyl (C=O) groups excluding carboxylic acids is 1. The molecular formula is C32H30ClF4N7O4. The van der Waals surface area contributed by atoms with Crippen LogP contribution < -0.4 is 14.5 Å². The summed E-state index contributed by atoms with van der Waals surface area (Å²) in [5.41, 5.74) is 1.93. The van der Waals surface area contributed by atoms with Crippen LogP contribution in [-0.4, -0.2) is 94.2 Å². The number of halogens is 5. The van der Waals surface area contributed by atoms with Crippen LogP contribution in [0.1, 0.15) is 24.1 Å². The summed E-state index contributed by atoms with van der Waals surface area (Å²) in [5, 5.41) is 20.2. The summed E-state index contributed by atoms with van der Waals surface area (Å²) in [6.07, 6.45) is -1.89. The van der Waals surface area contributed by atoms with Crippen molar-refractivity contribution in [2.45, 2.75) is 43.8 Å². The molecule has 1 aromatic heterocycles. The van der Waals surface area contributed by atoms with Gasteiger partial charge in [0, 0.05) is 49.2 Å². The maximum Gasteiger partial charge on any atom is 0.407 e. The number of carboxylic acid groups (broad SMARTS) is 1. The summed E-state index contributed by atoms with van der Waals surface area (Å²) in [7, 11) is 0. The molecule has 3 aliphatic heterocycles. The number of carbonyl (C=O) groups is 2. The smallest absolute Gasteiger partial charge is 0.407 e. The summed E-state index contributed by atoms with van der Waals surface area (Å²) >= 11 is 6.42. The largest absolute Gasteiger partial charge is 0.465 e. The monoisotopic (exact) mass is 687 g/mol. The molecule has 2 aromatic carbocycles. The maximum absolute atomic E-state index is 14.5. The highest BCUT2D eigenvalue weighted by molar-refractivity contribution is 6.36. The predicted octanol–water partition coefficient (Wildman–Crippen LogP) is 5.17. The molecule has 1 N–H and O–H groups in total. The fourth-order valence-electron chi connectivity index (χ4n) is 6.67. The van der Waals surface area contributed by atoms with Crippen LogP contribution in [0.15, 0.2) is 42.7 Å². The Hall–Kier alpha value is -4.84. The van der Waals surface area contributed by atoms with Gasteiger partial charge in [-0.15, -0.1) is 0 Å². The molecule has 0 radical (unpaired) electrons. The van der Waals surface area contributed by atoms with Crippen LogP contribution in [0.3, 0.4) is 0 Å². The molecule has 252 valence electrons. The van der Waals surface area contributed by atoms with Gasteiger partial charge >= 0.3 is 12.1 Å². The molecule has 4 heterocycles. The Balaban J connectivity index is 1.35. The molecule has 11 nitrogen and oxygen atoms in total. The summed E-state index contributed by atoms with van der Waals surface area (Å²) < 4.78 is 62.5. The van der Waals surface area contributed by atoms with Crippen molar-refractivity contribution in [3.63, 3.8) is 0 Å². The summed E-state index contributed by atoms with van der Waals surface area (Å²) in [5.74, 6) is -5.39. The molecule has 16 heteroatoms. The first-order chi connectivity index (χ1) is 22.9. The third kappa shape index (κ3) is 6.36. The molecular weight excluding hydrogens is 658 g/mol. The minimum absolute atomic E-state index is 0.0236. The van der Waals surface area contributed by atoms with E-state index in [-0.39, 0.29) is 43.6 Å². The van der Waals surface area contributed by atoms with Gasteiger partial charge in [-0.3, -0.25) is 9.69 Å². The fourth-order valence-corrected chi connectivity index (χ4v) is 6.94. The number of nitrogens with zero attached hydrogens (tertiary/aromatic N) is 7. The number of rotatable bonds is 7. The lowest BCUT2D eigenvalue weighted by Crippen LogP contribution is -2.55. The minimum Gasteiger partial charge on any atom is -0.465 e. The first-order valence-electron chi connectivity index (χ1n) is 15.2. The molecule has 3 aliphatic rings. The van der Waals surface area contributed by atoms with Gasteiger partial charge in [0.15, 0.2) is 5.83 Å². The first-order valence-corrected chi connectivity index (χ1v) is 15.5. The van der Waals surface area contributed by atoms with Gasteiger partial charge in [-0.25, -0.2) is 22.4 Å². The molecule has 2 saturated heterocycles. The van der Waals surface area contributed by atoms with Crippen molar-refractivity contribution in [3.05, 3.63) is 64.8 Å². The van der Waals surface area contributed by atoms with Gasteiger partial charge in [0.2, 0.25) is 0 Å². The van der Waals surface area contributed by atoms with Crippen LogP contribution in [0.5, 0.6) is 6.01 Å². The Bertz CT molecular complexity index is 1840. The molecule has 2 fully saturated rings. The van der Waals surface area contributed by atoms with Gasteiger partial charge in [0.1, 0.15) is 18.2 Å². The third-order valence-corrected chi connectivity index (χ3v) is 9.28. The number of amides is 2. The van der Waals surface area contributed by atoms with Crippen LogP contribution in [-0.2, 0) is 17.8 Å². The fraction of sp³-hybridized carbons (Fsp3) is 0.406. The molecule has 2 atom stereocenters. The van der Waals surface area contributed by atoms with E-state index in [9.17, 15) is 37.5 Å². The molecule has 2 amide bonds. The van der Waals surface area contributed by atoms with Crippen molar-refractivity contribution >= 4 is 45.9 Å². The Morgan fingerprint density at radius 1 is 1.12 bits per heavy atom. The summed E-state index contributed by atoms with van der Waals surface area (Å²) in [6, 6.07) is 8.43. The third-order valence-electron chi connectivity index (χ3n) is 8.91. The van der Waals surface area contributed by atoms with Gasteiger partial charge in [-0.2, -0.15) is 15.2 Å². The Labute approximate surface area is 277 Å². The molecule has 0 spiro atoms. The number of likely N-dealkylation sites (tertiary alicyclic amines) is 1. The zero-order valence-electron chi connectivity index (χ0n) is 25.5. The van der Waals surface area contributed by atoms with Crippen molar-refractivity contribution < 1.29 is 37.0 Å². The molecule has 6 rings (SSSR count). The number of aromatic nitrogens is 2. The predicted molar refractivity (Wildman–Crippen MR) is 167 cm³/mol. The second-order valence-corrected chi connectivity index (χ2v) is 12.3. The number of ether oxygens (including phenoxy) is 1. The Morgan fingerprint density at radius 2 is 1.92 bits per heavy atom. The van der Waals surface area contributed by atoms with E-state index in [0.717, 1.165) is 10.9 Å². The molecule has 0 aliphatic carbocycles. The topological polar surface area (TPSA) is 126 Å². The van der Waals surface area contributed by atoms with Crippen LogP contribution in [0.2, 0.25) is 5.02 Å². The highest BCUT2D eigenvalue weighted by atomic mass is 35.5. The van der Waals surface area contributed by atoms with Gasteiger partial charge in [0.05, 0.1) is 48.4 Å². The van der Waals surface area contributed by atoms with Crippen molar-refractivity contribution in [2.75, 3.05) is 49.1 Å². The first kappa shape index (κ1) is 33.1. The highest BCUT2D eigenvalue weighted by Crippen LogP contribution is 2.39. The van der Waals surface area contributed by atoms with E-state index in [0.29, 0.717) is 40.5 Å². The zero-order valence-corrected chi connectivity index (χ0v) is 26.3. The maximum atomic E-state index is 14.5. The van der Waals surface area contributed by atoms with E-state index in [4.69, 9.17) is 16.3 Å². The lowest BCUT2D eigenvalue weighted by molar-refractivity contribution is -0.131. The lowest BCUT2D eigenvalue weighted by atomic mass is 10.0. The molecule has 48 heavy (non-hydrogen) atoms. The molecule has 0 saturated carbocycles. The SMILES string of the molecule is C=C(F)C(=O)N1CCN(c2nc(OCC3CC(F)(F)CN3C(=O)O)nc3c2CCN(c2cccc4ccc(F)c(Cl)c24)C3)CC1CC#N. The van der Waals surface area contributed by atoms with E-state index in [1.165, 1.54) is 11.0 Å². The molecule has 3 aromatic rings. The van der Waals surface area contributed by atoms with E-state index < -0.39 is 61.2 Å². The summed E-state index contributed by atoms with van der Waals surface area (Å²) in [6.45, 7) is 2.79. The number of anilines is 2. The van der Waals surface area contributed by atoms with Crippen molar-refractivity contribution in [3.8, 4) is 12.1 Å². The van der Waals surface area contributed by atoms with E-state index in [2.05, 4.69) is 16.5 Å². The Kier molecular flexibility index (Phi) is 8.95. The van der Waals surface area contributed by atoms with Crippen LogP contribution >= 0.6 is 11.6 Å². The Morgan fingerprint density at radius 3 is 2.65 bits per heavy atom. The van der Waals surface area contributed by atoms with Crippen molar-refractivity contribution in [1.29, 1.82) is 5.26 Å². The second kappa shape index (κ2) is 13.0. The van der Waals surface area contributed by atoms with E-state index in [1.54, 1.807) is 6.07 Å². The van der Waals surface area contributed by atoms with E-state index >= 15 is 0 Å². The standard InChI is InChI=1S/C32H30ClF4N7O4/c1-18(34)29(45)43-12-11-42(14-20(43)7-9-38)28-22-8-10-41(25-4-2-3-19-5-6-23(35)27(33)26(19)25)15-24(22)39-30(40-28)48-16-21-13-32(36,37)17-44(21)31(46)47/h2-6,20-21H,1,7-8,10-17H2,(H,46,47). The number of nitriles is 1. The number of fused-ring (bicyclic) bond motifs is 2. The van der Waals surface area contributed by atoms with E-state index in [1.807, 2.05) is 34.1 Å². The number of benzene rings is 2. The average Bonchev–Trinajstić information content (AvgIpc) is 3.38.